The molecule has 1 amide bonds. The highest BCUT2D eigenvalue weighted by molar-refractivity contribution is 6.30. The van der Waals surface area contributed by atoms with Crippen LogP contribution < -0.4 is 15.8 Å². The summed E-state index contributed by atoms with van der Waals surface area (Å²) in [5.41, 5.74) is 6.44. The lowest BCUT2D eigenvalue weighted by Crippen LogP contribution is -2.56. The molecule has 20 heavy (non-hydrogen) atoms. The number of ether oxygens (including phenoxy) is 1. The van der Waals surface area contributed by atoms with Crippen molar-refractivity contribution in [3.63, 3.8) is 0 Å². The minimum Gasteiger partial charge on any atom is -0.480 e. The Hall–Kier alpha value is -1.26. The Balaban J connectivity index is 2.06. The first kappa shape index (κ1) is 15.1. The summed E-state index contributed by atoms with van der Waals surface area (Å²) < 4.78 is 5.69. The minimum atomic E-state index is -0.493. The molecule has 1 atom stereocenters. The van der Waals surface area contributed by atoms with E-state index in [0.717, 1.165) is 24.2 Å². The van der Waals surface area contributed by atoms with E-state index in [9.17, 15) is 4.79 Å². The summed E-state index contributed by atoms with van der Waals surface area (Å²) in [7, 11) is 0. The predicted octanol–water partition coefficient (Wildman–Crippen LogP) is 2.28. The van der Waals surface area contributed by atoms with Crippen molar-refractivity contribution in [1.82, 2.24) is 5.32 Å². The van der Waals surface area contributed by atoms with E-state index >= 15 is 0 Å². The van der Waals surface area contributed by atoms with Crippen molar-refractivity contribution in [2.75, 3.05) is 6.54 Å². The summed E-state index contributed by atoms with van der Waals surface area (Å²) >= 11 is 5.95. The van der Waals surface area contributed by atoms with Crippen molar-refractivity contribution < 1.29 is 9.53 Å². The fourth-order valence-corrected chi connectivity index (χ4v) is 2.67. The normalized spacial score (nSPS) is 17.5. The van der Waals surface area contributed by atoms with Crippen molar-refractivity contribution in [3.05, 3.63) is 28.8 Å². The van der Waals surface area contributed by atoms with Crippen LogP contribution in [0, 0.1) is 0 Å². The Morgan fingerprint density at radius 2 is 2.20 bits per heavy atom. The Bertz CT molecular complexity index is 492. The molecule has 0 bridgehead atoms. The third kappa shape index (κ3) is 2.91. The number of carbonyl (C=O) groups excluding carboxylic acids is 1. The van der Waals surface area contributed by atoms with E-state index in [0.29, 0.717) is 18.0 Å². The minimum absolute atomic E-state index is 0.105. The van der Waals surface area contributed by atoms with Crippen molar-refractivity contribution in [2.45, 2.75) is 44.8 Å². The molecule has 2 rings (SSSR count). The molecule has 5 heteroatoms. The molecule has 0 fully saturated rings. The van der Waals surface area contributed by atoms with Gasteiger partial charge in [-0.15, -0.1) is 0 Å². The van der Waals surface area contributed by atoms with Crippen LogP contribution in [-0.4, -0.2) is 24.1 Å². The van der Waals surface area contributed by atoms with Gasteiger partial charge in [0.1, 0.15) is 5.75 Å². The molecule has 1 aromatic rings. The molecule has 110 valence electrons. The lowest BCUT2D eigenvalue weighted by molar-refractivity contribution is -0.129. The SMILES string of the molecule is CCC(CC)(CN)NC(=O)C1Cc2cc(Cl)ccc2O1. The summed E-state index contributed by atoms with van der Waals surface area (Å²) in [4.78, 5) is 12.4. The summed E-state index contributed by atoms with van der Waals surface area (Å²) in [6.07, 6.45) is 1.66. The number of nitrogens with two attached hydrogens (primary N) is 1. The van der Waals surface area contributed by atoms with Gasteiger partial charge in [-0.1, -0.05) is 25.4 Å². The molecular weight excluding hydrogens is 276 g/mol. The van der Waals surface area contributed by atoms with E-state index in [4.69, 9.17) is 22.1 Å². The van der Waals surface area contributed by atoms with Crippen LogP contribution in [0.4, 0.5) is 0 Å². The summed E-state index contributed by atoms with van der Waals surface area (Å²) in [5.74, 6) is 0.632. The standard InChI is InChI=1S/C15H21ClN2O2/c1-3-15(4-2,9-17)18-14(19)13-8-10-7-11(16)5-6-12(10)20-13/h5-7,13H,3-4,8-9,17H2,1-2H3,(H,18,19). The van der Waals surface area contributed by atoms with Gasteiger partial charge in [0.05, 0.1) is 5.54 Å². The van der Waals surface area contributed by atoms with Gasteiger partial charge in [0.25, 0.3) is 5.91 Å². The Morgan fingerprint density at radius 3 is 2.80 bits per heavy atom. The summed E-state index contributed by atoms with van der Waals surface area (Å²) in [5, 5.41) is 3.71. The number of halogens is 1. The first-order chi connectivity index (χ1) is 9.53. The molecule has 4 nitrogen and oxygen atoms in total. The molecule has 0 aromatic heterocycles. The molecule has 0 radical (unpaired) electrons. The molecule has 0 saturated carbocycles. The zero-order valence-electron chi connectivity index (χ0n) is 11.9. The maximum absolute atomic E-state index is 12.4. The third-order valence-electron chi connectivity index (χ3n) is 4.12. The lowest BCUT2D eigenvalue weighted by atomic mass is 9.92. The highest BCUT2D eigenvalue weighted by Gasteiger charge is 2.34. The fraction of sp³-hybridized carbons (Fsp3) is 0.533. The quantitative estimate of drug-likeness (QED) is 0.876. The molecular formula is C15H21ClN2O2. The average molecular weight is 297 g/mol. The molecule has 1 heterocycles. The van der Waals surface area contributed by atoms with Crippen LogP contribution in [0.5, 0.6) is 5.75 Å². The molecule has 1 aliphatic heterocycles. The Kier molecular flexibility index (Phi) is 4.55. The fourth-order valence-electron chi connectivity index (χ4n) is 2.47. The summed E-state index contributed by atoms with van der Waals surface area (Å²) in [6.45, 7) is 4.48. The van der Waals surface area contributed by atoms with Gasteiger partial charge in [-0.2, -0.15) is 0 Å². The molecule has 0 spiro atoms. The number of hydrogen-bond donors (Lipinski definition) is 2. The number of fused-ring (bicyclic) bond motifs is 1. The van der Waals surface area contributed by atoms with Crippen LogP contribution in [0.1, 0.15) is 32.3 Å². The second kappa shape index (κ2) is 6.02. The molecule has 1 aromatic carbocycles. The number of carbonyl (C=O) groups is 1. The van der Waals surface area contributed by atoms with Crippen LogP contribution in [0.3, 0.4) is 0 Å². The van der Waals surface area contributed by atoms with E-state index in [2.05, 4.69) is 5.32 Å². The van der Waals surface area contributed by atoms with E-state index in [1.165, 1.54) is 0 Å². The second-order valence-electron chi connectivity index (χ2n) is 5.24. The monoisotopic (exact) mass is 296 g/mol. The van der Waals surface area contributed by atoms with Crippen molar-refractivity contribution >= 4 is 17.5 Å². The maximum atomic E-state index is 12.4. The number of amides is 1. The van der Waals surface area contributed by atoms with E-state index < -0.39 is 6.10 Å². The van der Waals surface area contributed by atoms with Gasteiger partial charge in [-0.3, -0.25) is 4.79 Å². The van der Waals surface area contributed by atoms with E-state index in [1.54, 1.807) is 12.1 Å². The molecule has 0 saturated heterocycles. The highest BCUT2D eigenvalue weighted by Crippen LogP contribution is 2.31. The highest BCUT2D eigenvalue weighted by atomic mass is 35.5. The average Bonchev–Trinajstić information content (AvgIpc) is 2.88. The first-order valence-electron chi connectivity index (χ1n) is 7.00. The maximum Gasteiger partial charge on any atom is 0.261 e. The zero-order chi connectivity index (χ0) is 14.8. The van der Waals surface area contributed by atoms with Crippen molar-refractivity contribution in [1.29, 1.82) is 0 Å². The Morgan fingerprint density at radius 1 is 1.50 bits per heavy atom. The van der Waals surface area contributed by atoms with Crippen LogP contribution >= 0.6 is 11.6 Å². The van der Waals surface area contributed by atoms with Gasteiger partial charge < -0.3 is 15.8 Å². The van der Waals surface area contributed by atoms with Crippen LogP contribution in [-0.2, 0) is 11.2 Å². The van der Waals surface area contributed by atoms with E-state index in [1.807, 2.05) is 19.9 Å². The first-order valence-corrected chi connectivity index (χ1v) is 7.38. The molecule has 3 N–H and O–H groups in total. The summed E-state index contributed by atoms with van der Waals surface area (Å²) in [6, 6.07) is 5.42. The zero-order valence-corrected chi connectivity index (χ0v) is 12.7. The van der Waals surface area contributed by atoms with Gasteiger partial charge in [0, 0.05) is 18.0 Å². The van der Waals surface area contributed by atoms with Gasteiger partial charge in [-0.05, 0) is 36.6 Å². The number of nitrogens with one attached hydrogen (secondary N) is 1. The van der Waals surface area contributed by atoms with Crippen molar-refractivity contribution in [3.8, 4) is 5.75 Å². The topological polar surface area (TPSA) is 64.3 Å². The van der Waals surface area contributed by atoms with E-state index in [-0.39, 0.29) is 11.4 Å². The van der Waals surface area contributed by atoms with Gasteiger partial charge in [-0.25, -0.2) is 0 Å². The molecule has 1 unspecified atom stereocenters. The largest absolute Gasteiger partial charge is 0.480 e. The molecule has 1 aliphatic rings. The van der Waals surface area contributed by atoms with Gasteiger partial charge >= 0.3 is 0 Å². The number of rotatable bonds is 5. The molecule has 0 aliphatic carbocycles. The Labute approximate surface area is 124 Å². The third-order valence-corrected chi connectivity index (χ3v) is 4.36. The van der Waals surface area contributed by atoms with Crippen molar-refractivity contribution in [2.24, 2.45) is 5.73 Å². The van der Waals surface area contributed by atoms with Crippen LogP contribution in [0.25, 0.3) is 0 Å². The number of benzene rings is 1. The second-order valence-corrected chi connectivity index (χ2v) is 5.68. The van der Waals surface area contributed by atoms with Gasteiger partial charge in [0.2, 0.25) is 0 Å². The van der Waals surface area contributed by atoms with Crippen LogP contribution in [0.15, 0.2) is 18.2 Å². The lowest BCUT2D eigenvalue weighted by Gasteiger charge is -2.32. The van der Waals surface area contributed by atoms with Gasteiger partial charge in [0.15, 0.2) is 6.10 Å². The number of hydrogen-bond acceptors (Lipinski definition) is 3. The van der Waals surface area contributed by atoms with Crippen LogP contribution in [0.2, 0.25) is 5.02 Å². The predicted molar refractivity (Wildman–Crippen MR) is 80.1 cm³/mol. The smallest absolute Gasteiger partial charge is 0.261 e.